The summed E-state index contributed by atoms with van der Waals surface area (Å²) in [5, 5.41) is 0.512. The Morgan fingerprint density at radius 2 is 2.36 bits per heavy atom. The highest BCUT2D eigenvalue weighted by Gasteiger charge is 2.37. The van der Waals surface area contributed by atoms with Gasteiger partial charge < -0.3 is 4.74 Å². The van der Waals surface area contributed by atoms with Gasteiger partial charge in [0.2, 0.25) is 5.12 Å². The van der Waals surface area contributed by atoms with Crippen molar-refractivity contribution in [3.8, 4) is 0 Å². The third kappa shape index (κ3) is 2.93. The molecule has 1 aromatic carbocycles. The first-order valence-corrected chi connectivity index (χ1v) is 8.13. The van der Waals surface area contributed by atoms with Crippen LogP contribution in [0.15, 0.2) is 35.9 Å². The summed E-state index contributed by atoms with van der Waals surface area (Å²) >= 11 is 7.53. The molecular weight excluding hydrogens is 322 g/mol. The standard InChI is InChI=1S/C16H16ClNO3S/c1-21-16(20)15(11-4-2-3-5-12(11)17)18-7-6-13-10(9-18)8-14(19)22-13/h2-5,8,13,15H,6-7,9H2,1H3/t13-,15-/m0/s1/i1D3. The molecule has 0 unspecified atom stereocenters. The molecule has 1 saturated heterocycles. The number of hydrogen-bond donors (Lipinski definition) is 0. The van der Waals surface area contributed by atoms with Gasteiger partial charge in [0.05, 0.1) is 11.2 Å². The molecule has 0 amide bonds. The molecule has 0 bridgehead atoms. The number of methoxy groups -OCH3 is 1. The molecule has 2 atom stereocenters. The lowest BCUT2D eigenvalue weighted by molar-refractivity contribution is -0.147. The summed E-state index contributed by atoms with van der Waals surface area (Å²) in [6.45, 7) is 0.934. The van der Waals surface area contributed by atoms with Gasteiger partial charge in [0.1, 0.15) is 6.04 Å². The van der Waals surface area contributed by atoms with Crippen LogP contribution in [0.4, 0.5) is 0 Å². The molecule has 1 fully saturated rings. The van der Waals surface area contributed by atoms with E-state index in [0.29, 0.717) is 30.1 Å². The largest absolute Gasteiger partial charge is 0.468 e. The van der Waals surface area contributed by atoms with E-state index in [1.54, 1.807) is 30.3 Å². The SMILES string of the molecule is [2H]C([2H])([2H])OC(=O)[C@H](c1ccccc1Cl)N1CC[C@@H]2SC(=O)C=C2C1. The Bertz CT molecular complexity index is 738. The fourth-order valence-electron chi connectivity index (χ4n) is 2.93. The number of halogens is 1. The average Bonchev–Trinajstić information content (AvgIpc) is 2.87. The zero-order chi connectivity index (χ0) is 18.2. The number of benzene rings is 1. The van der Waals surface area contributed by atoms with E-state index in [1.165, 1.54) is 11.8 Å². The second-order valence-electron chi connectivity index (χ2n) is 5.25. The monoisotopic (exact) mass is 340 g/mol. The minimum Gasteiger partial charge on any atom is -0.468 e. The number of hydrogen-bond acceptors (Lipinski definition) is 5. The van der Waals surface area contributed by atoms with Crippen LogP contribution in [-0.4, -0.2) is 41.4 Å². The molecule has 0 N–H and O–H groups in total. The normalized spacial score (nSPS) is 25.5. The maximum absolute atomic E-state index is 12.6. The molecule has 2 aliphatic rings. The third-order valence-electron chi connectivity index (χ3n) is 3.93. The van der Waals surface area contributed by atoms with Crippen molar-refractivity contribution in [2.45, 2.75) is 17.7 Å². The lowest BCUT2D eigenvalue weighted by Gasteiger charge is -2.36. The van der Waals surface area contributed by atoms with Crippen LogP contribution in [0.3, 0.4) is 0 Å². The highest BCUT2D eigenvalue weighted by molar-refractivity contribution is 8.15. The first-order chi connectivity index (χ1) is 11.7. The number of esters is 1. The quantitative estimate of drug-likeness (QED) is 0.792. The third-order valence-corrected chi connectivity index (χ3v) is 5.45. The summed E-state index contributed by atoms with van der Waals surface area (Å²) in [5.74, 6) is -0.871. The van der Waals surface area contributed by atoms with E-state index in [0.717, 1.165) is 5.57 Å². The van der Waals surface area contributed by atoms with Gasteiger partial charge in [-0.05, 0) is 29.7 Å². The molecule has 6 heteroatoms. The molecule has 22 heavy (non-hydrogen) atoms. The number of likely N-dealkylation sites (tertiary alicyclic amines) is 1. The molecule has 2 heterocycles. The van der Waals surface area contributed by atoms with Gasteiger partial charge in [-0.2, -0.15) is 0 Å². The van der Waals surface area contributed by atoms with E-state index < -0.39 is 19.0 Å². The van der Waals surface area contributed by atoms with Crippen LogP contribution in [0.25, 0.3) is 0 Å². The molecule has 116 valence electrons. The number of piperidine rings is 1. The van der Waals surface area contributed by atoms with Crippen LogP contribution in [-0.2, 0) is 14.3 Å². The first-order valence-electron chi connectivity index (χ1n) is 8.37. The number of thioether (sulfide) groups is 1. The fourth-order valence-corrected chi connectivity index (χ4v) is 4.18. The van der Waals surface area contributed by atoms with Gasteiger partial charge in [-0.1, -0.05) is 41.6 Å². The molecule has 0 saturated carbocycles. The molecule has 2 aliphatic heterocycles. The molecular formula is C16H16ClNO3S. The topological polar surface area (TPSA) is 46.6 Å². The van der Waals surface area contributed by atoms with Gasteiger partial charge in [0, 0.05) is 23.4 Å². The number of rotatable bonds is 3. The van der Waals surface area contributed by atoms with Gasteiger partial charge in [-0.15, -0.1) is 0 Å². The van der Waals surface area contributed by atoms with Crippen LogP contribution < -0.4 is 0 Å². The van der Waals surface area contributed by atoms with Crippen molar-refractivity contribution >= 4 is 34.4 Å². The number of carbonyl (C=O) groups excluding carboxylic acids is 2. The van der Waals surface area contributed by atoms with E-state index in [9.17, 15) is 9.59 Å². The molecule has 0 spiro atoms. The van der Waals surface area contributed by atoms with E-state index in [-0.39, 0.29) is 10.4 Å². The van der Waals surface area contributed by atoms with Crippen molar-refractivity contribution in [3.05, 3.63) is 46.5 Å². The molecule has 4 nitrogen and oxygen atoms in total. The highest BCUT2D eigenvalue weighted by atomic mass is 35.5. The lowest BCUT2D eigenvalue weighted by Crippen LogP contribution is -2.42. The second kappa shape index (κ2) is 6.44. The number of carbonyl (C=O) groups is 2. The Kier molecular flexibility index (Phi) is 3.56. The summed E-state index contributed by atoms with van der Waals surface area (Å²) in [5.41, 5.74) is 1.44. The van der Waals surface area contributed by atoms with Gasteiger partial charge in [0.25, 0.3) is 0 Å². The van der Waals surface area contributed by atoms with Gasteiger partial charge in [-0.25, -0.2) is 4.79 Å². The van der Waals surface area contributed by atoms with Crippen LogP contribution >= 0.6 is 23.4 Å². The predicted octanol–water partition coefficient (Wildman–Crippen LogP) is 2.83. The first kappa shape index (κ1) is 12.2. The lowest BCUT2D eigenvalue weighted by atomic mass is 9.98. The number of fused-ring (bicyclic) bond motifs is 1. The highest BCUT2D eigenvalue weighted by Crippen LogP contribution is 2.38. The van der Waals surface area contributed by atoms with Gasteiger partial charge >= 0.3 is 5.97 Å². The van der Waals surface area contributed by atoms with E-state index in [2.05, 4.69) is 4.74 Å². The van der Waals surface area contributed by atoms with Gasteiger partial charge in [0.15, 0.2) is 0 Å². The van der Waals surface area contributed by atoms with E-state index in [4.69, 9.17) is 15.7 Å². The summed E-state index contributed by atoms with van der Waals surface area (Å²) in [6, 6.07) is 5.87. The molecule has 0 radical (unpaired) electrons. The van der Waals surface area contributed by atoms with Crippen molar-refractivity contribution in [2.75, 3.05) is 20.1 Å². The Morgan fingerprint density at radius 1 is 1.55 bits per heavy atom. The Morgan fingerprint density at radius 3 is 3.14 bits per heavy atom. The number of ether oxygens (including phenoxy) is 1. The van der Waals surface area contributed by atoms with E-state index >= 15 is 0 Å². The molecule has 1 aromatic rings. The van der Waals surface area contributed by atoms with Crippen LogP contribution in [0.1, 0.15) is 22.1 Å². The van der Waals surface area contributed by atoms with Crippen LogP contribution in [0, 0.1) is 0 Å². The number of nitrogens with zero attached hydrogens (tertiary/aromatic N) is 1. The average molecular weight is 341 g/mol. The summed E-state index contributed by atoms with van der Waals surface area (Å²) in [4.78, 5) is 26.0. The minimum atomic E-state index is -2.83. The van der Waals surface area contributed by atoms with Crippen molar-refractivity contribution in [1.29, 1.82) is 0 Å². The zero-order valence-corrected chi connectivity index (χ0v) is 13.2. The maximum atomic E-state index is 12.6. The molecule has 0 aliphatic carbocycles. The minimum absolute atomic E-state index is 0.0150. The van der Waals surface area contributed by atoms with Crippen LogP contribution in [0.2, 0.25) is 5.02 Å². The van der Waals surface area contributed by atoms with Gasteiger partial charge in [-0.3, -0.25) is 9.69 Å². The maximum Gasteiger partial charge on any atom is 0.327 e. The summed E-state index contributed by atoms with van der Waals surface area (Å²) in [6.07, 6.45) is 2.30. The van der Waals surface area contributed by atoms with Crippen molar-refractivity contribution in [3.63, 3.8) is 0 Å². The summed E-state index contributed by atoms with van der Waals surface area (Å²) in [7, 11) is -2.83. The molecule has 0 aromatic heterocycles. The zero-order valence-electron chi connectivity index (χ0n) is 14.6. The molecule has 3 rings (SSSR count). The van der Waals surface area contributed by atoms with Crippen molar-refractivity contribution < 1.29 is 18.4 Å². The van der Waals surface area contributed by atoms with Crippen molar-refractivity contribution in [2.24, 2.45) is 0 Å². The van der Waals surface area contributed by atoms with E-state index in [1.807, 2.05) is 4.90 Å². The Balaban J connectivity index is 1.91. The van der Waals surface area contributed by atoms with Crippen molar-refractivity contribution in [1.82, 2.24) is 4.90 Å². The second-order valence-corrected chi connectivity index (χ2v) is 6.86. The smallest absolute Gasteiger partial charge is 0.327 e. The fraction of sp³-hybridized carbons (Fsp3) is 0.375. The predicted molar refractivity (Wildman–Crippen MR) is 86.9 cm³/mol. The Labute approximate surface area is 142 Å². The summed E-state index contributed by atoms with van der Waals surface area (Å²) < 4.78 is 26.3. The Hall–Kier alpha value is -1.30. The van der Waals surface area contributed by atoms with Crippen LogP contribution in [0.5, 0.6) is 0 Å².